The van der Waals surface area contributed by atoms with Crippen LogP contribution in [0, 0.1) is 13.8 Å². The zero-order valence-electron chi connectivity index (χ0n) is 24.5. The van der Waals surface area contributed by atoms with E-state index in [0.717, 1.165) is 25.9 Å². The second-order valence-electron chi connectivity index (χ2n) is 11.7. The summed E-state index contributed by atoms with van der Waals surface area (Å²) in [5, 5.41) is 3.16. The maximum absolute atomic E-state index is 13.2. The number of hydrogen-bond donors (Lipinski definition) is 1. The normalized spacial score (nSPS) is 21.1. The fourth-order valence-corrected chi connectivity index (χ4v) is 8.05. The second kappa shape index (κ2) is 13.8. The number of likely N-dealkylation sites (tertiary alicyclic amines) is 3. The molecule has 0 aromatic heterocycles. The molecule has 1 N–H and O–H groups in total. The summed E-state index contributed by atoms with van der Waals surface area (Å²) in [5.41, 5.74) is 1.28. The topological polar surface area (TPSA) is 85.4 Å². The van der Waals surface area contributed by atoms with Crippen molar-refractivity contribution in [2.75, 3.05) is 73.1 Å². The van der Waals surface area contributed by atoms with Gasteiger partial charge in [0.1, 0.15) is 5.75 Å². The minimum absolute atomic E-state index is 0.0787. The van der Waals surface area contributed by atoms with E-state index in [9.17, 15) is 13.2 Å². The van der Waals surface area contributed by atoms with Crippen molar-refractivity contribution in [1.82, 2.24) is 24.3 Å². The molecule has 3 fully saturated rings. The zero-order valence-corrected chi connectivity index (χ0v) is 25.3. The Labute approximate surface area is 235 Å². The number of rotatable bonds is 11. The highest BCUT2D eigenvalue weighted by molar-refractivity contribution is 7.89. The third kappa shape index (κ3) is 7.94. The fraction of sp³-hybridized carbons (Fsp3) is 0.759. The van der Waals surface area contributed by atoms with E-state index in [0.29, 0.717) is 22.9 Å². The van der Waals surface area contributed by atoms with Crippen LogP contribution in [0.5, 0.6) is 5.75 Å². The number of benzene rings is 1. The third-order valence-electron chi connectivity index (χ3n) is 8.89. The van der Waals surface area contributed by atoms with Crippen LogP contribution >= 0.6 is 0 Å². The molecule has 3 heterocycles. The van der Waals surface area contributed by atoms with Gasteiger partial charge in [-0.15, -0.1) is 0 Å². The van der Waals surface area contributed by atoms with Crippen LogP contribution in [0.25, 0.3) is 0 Å². The molecule has 0 saturated carbocycles. The number of nitrogens with one attached hydrogen (secondary N) is 1. The molecule has 0 aliphatic carbocycles. The number of ether oxygens (including phenoxy) is 1. The number of amides is 1. The van der Waals surface area contributed by atoms with E-state index in [-0.39, 0.29) is 29.8 Å². The van der Waals surface area contributed by atoms with E-state index < -0.39 is 10.0 Å². The Hall–Kier alpha value is -1.72. The molecule has 220 valence electrons. The molecule has 9 nitrogen and oxygen atoms in total. The summed E-state index contributed by atoms with van der Waals surface area (Å²) in [6, 6.07) is 4.29. The summed E-state index contributed by atoms with van der Waals surface area (Å²) in [4.78, 5) is 20.9. The average Bonchev–Trinajstić information content (AvgIpc) is 3.44. The van der Waals surface area contributed by atoms with Crippen molar-refractivity contribution in [2.24, 2.45) is 0 Å². The van der Waals surface area contributed by atoms with Gasteiger partial charge in [-0.05, 0) is 102 Å². The Morgan fingerprint density at radius 3 is 2.08 bits per heavy atom. The minimum atomic E-state index is -3.70. The number of sulfonamides is 1. The molecule has 1 amide bonds. The monoisotopic (exact) mass is 563 g/mol. The van der Waals surface area contributed by atoms with Crippen LogP contribution in [0.1, 0.15) is 56.1 Å². The van der Waals surface area contributed by atoms with E-state index >= 15 is 0 Å². The number of aryl methyl sites for hydroxylation is 2. The zero-order chi connectivity index (χ0) is 28.0. The molecule has 0 radical (unpaired) electrons. The van der Waals surface area contributed by atoms with Crippen LogP contribution in [0.15, 0.2) is 17.0 Å². The van der Waals surface area contributed by atoms with E-state index in [2.05, 4.69) is 20.0 Å². The number of hydrogen-bond acceptors (Lipinski definition) is 7. The van der Waals surface area contributed by atoms with Gasteiger partial charge in [0.25, 0.3) is 0 Å². The number of nitrogens with zero attached hydrogens (tertiary/aromatic N) is 4. The molecule has 39 heavy (non-hydrogen) atoms. The Bertz CT molecular complexity index is 1040. The lowest BCUT2D eigenvalue weighted by atomic mass is 9.97. The molecule has 0 spiro atoms. The Morgan fingerprint density at radius 2 is 1.51 bits per heavy atom. The summed E-state index contributed by atoms with van der Waals surface area (Å²) >= 11 is 0. The van der Waals surface area contributed by atoms with E-state index in [4.69, 9.17) is 4.74 Å². The van der Waals surface area contributed by atoms with Gasteiger partial charge in [-0.2, -0.15) is 0 Å². The molecule has 1 aromatic carbocycles. The fourth-order valence-electron chi connectivity index (χ4n) is 6.48. The first-order valence-electron chi connectivity index (χ1n) is 14.8. The Balaban J connectivity index is 1.15. The molecular weight excluding hydrogens is 514 g/mol. The Morgan fingerprint density at radius 1 is 0.949 bits per heavy atom. The summed E-state index contributed by atoms with van der Waals surface area (Å²) in [6.45, 7) is 13.1. The predicted molar refractivity (Wildman–Crippen MR) is 155 cm³/mol. The number of carbonyl (C=O) groups excluding carboxylic acids is 1. The SMILES string of the molecule is COc1cc(C)c(S(=O)(=O)N(C)CCC(=O)NC2CCN(C3CCN(CCN4CCCC4)CC3)CC2)c(C)c1. The first-order valence-corrected chi connectivity index (χ1v) is 16.2. The maximum atomic E-state index is 13.2. The smallest absolute Gasteiger partial charge is 0.243 e. The van der Waals surface area contributed by atoms with E-state index in [1.807, 2.05) is 0 Å². The van der Waals surface area contributed by atoms with Crippen LogP contribution in [-0.4, -0.2) is 118 Å². The summed E-state index contributed by atoms with van der Waals surface area (Å²) in [7, 11) is -0.590. The van der Waals surface area contributed by atoms with Crippen molar-refractivity contribution in [3.05, 3.63) is 23.3 Å². The molecule has 3 aliphatic rings. The lowest BCUT2D eigenvalue weighted by Gasteiger charge is -2.42. The first kappa shape index (κ1) is 30.2. The number of piperidine rings is 2. The lowest BCUT2D eigenvalue weighted by Crippen LogP contribution is -2.51. The molecular formula is C29H49N5O4S. The molecule has 1 aromatic rings. The number of methoxy groups -OCH3 is 1. The highest BCUT2D eigenvalue weighted by Crippen LogP contribution is 2.28. The second-order valence-corrected chi connectivity index (χ2v) is 13.6. The summed E-state index contributed by atoms with van der Waals surface area (Å²) < 4.78 is 33.0. The van der Waals surface area contributed by atoms with Crippen LogP contribution in [0.2, 0.25) is 0 Å². The van der Waals surface area contributed by atoms with Gasteiger partial charge in [-0.1, -0.05) is 0 Å². The molecule has 3 aliphatic heterocycles. The van der Waals surface area contributed by atoms with Gasteiger partial charge in [0.2, 0.25) is 15.9 Å². The van der Waals surface area contributed by atoms with Gasteiger partial charge in [-0.3, -0.25) is 4.79 Å². The maximum Gasteiger partial charge on any atom is 0.243 e. The van der Waals surface area contributed by atoms with Gasteiger partial charge in [0.15, 0.2) is 0 Å². The van der Waals surface area contributed by atoms with Gasteiger partial charge in [0.05, 0.1) is 12.0 Å². The van der Waals surface area contributed by atoms with Gasteiger partial charge in [-0.25, -0.2) is 12.7 Å². The molecule has 4 rings (SSSR count). The highest BCUT2D eigenvalue weighted by Gasteiger charge is 2.30. The molecule has 0 atom stereocenters. The van der Waals surface area contributed by atoms with E-state index in [1.165, 1.54) is 69.3 Å². The van der Waals surface area contributed by atoms with Crippen LogP contribution in [-0.2, 0) is 14.8 Å². The third-order valence-corrected chi connectivity index (χ3v) is 11.1. The first-order chi connectivity index (χ1) is 18.7. The molecule has 0 unspecified atom stereocenters. The highest BCUT2D eigenvalue weighted by atomic mass is 32.2. The van der Waals surface area contributed by atoms with Crippen molar-refractivity contribution >= 4 is 15.9 Å². The number of carbonyl (C=O) groups is 1. The van der Waals surface area contributed by atoms with E-state index in [1.54, 1.807) is 40.1 Å². The van der Waals surface area contributed by atoms with Gasteiger partial charge >= 0.3 is 0 Å². The minimum Gasteiger partial charge on any atom is -0.497 e. The quantitative estimate of drug-likeness (QED) is 0.443. The van der Waals surface area contributed by atoms with Gasteiger partial charge < -0.3 is 24.8 Å². The molecule has 0 bridgehead atoms. The predicted octanol–water partition coefficient (Wildman–Crippen LogP) is 2.46. The van der Waals surface area contributed by atoms with Crippen molar-refractivity contribution in [2.45, 2.75) is 75.8 Å². The van der Waals surface area contributed by atoms with Crippen molar-refractivity contribution in [1.29, 1.82) is 0 Å². The van der Waals surface area contributed by atoms with Crippen molar-refractivity contribution < 1.29 is 17.9 Å². The van der Waals surface area contributed by atoms with Crippen molar-refractivity contribution in [3.63, 3.8) is 0 Å². The molecule has 10 heteroatoms. The summed E-state index contributed by atoms with van der Waals surface area (Å²) in [5.74, 6) is 0.556. The summed E-state index contributed by atoms with van der Waals surface area (Å²) in [6.07, 6.45) is 7.28. The average molecular weight is 564 g/mol. The van der Waals surface area contributed by atoms with Gasteiger partial charge in [0, 0.05) is 58.3 Å². The van der Waals surface area contributed by atoms with Crippen molar-refractivity contribution in [3.8, 4) is 5.75 Å². The molecule has 3 saturated heterocycles. The van der Waals surface area contributed by atoms with Crippen LogP contribution in [0.3, 0.4) is 0 Å². The van der Waals surface area contributed by atoms with Crippen LogP contribution < -0.4 is 10.1 Å². The largest absolute Gasteiger partial charge is 0.497 e. The lowest BCUT2D eigenvalue weighted by molar-refractivity contribution is -0.122. The Kier molecular flexibility index (Phi) is 10.7. The standard InChI is InChI=1S/C29H49N5O4S/c1-23-21-27(38-4)22-24(2)29(23)39(36,37)31(3)14-11-28(35)30-25-7-17-34(18-8-25)26-9-15-33(16-10-26)20-19-32-12-5-6-13-32/h21-22,25-26H,5-20H2,1-4H3,(H,30,35). The van der Waals surface area contributed by atoms with Crippen LogP contribution in [0.4, 0.5) is 0 Å².